The number of hydrogen-bond acceptors (Lipinski definition) is 6. The predicted molar refractivity (Wildman–Crippen MR) is 140 cm³/mol. The number of ketones is 1. The van der Waals surface area contributed by atoms with E-state index in [1.165, 1.54) is 25.7 Å². The molecule has 4 fully saturated rings. The number of carbonyl (C=O) groups excluding carboxylic acids is 3. The van der Waals surface area contributed by atoms with Gasteiger partial charge in [0.05, 0.1) is 18.1 Å². The van der Waals surface area contributed by atoms with Crippen LogP contribution in [0.2, 0.25) is 0 Å². The van der Waals surface area contributed by atoms with Crippen molar-refractivity contribution in [2.45, 2.75) is 124 Å². The SMILES string of the molecule is CCCCC[C@@H](C)C(=O)C1NC(=O)OCC1(C)C.CCCCC[C@H]1N(C)C12[C@@H]1N2C(=O)OCC1(C)C. The van der Waals surface area contributed by atoms with Crippen molar-refractivity contribution in [3.05, 3.63) is 0 Å². The van der Waals surface area contributed by atoms with E-state index in [1.807, 2.05) is 25.7 Å². The van der Waals surface area contributed by atoms with Crippen LogP contribution in [0.3, 0.4) is 0 Å². The van der Waals surface area contributed by atoms with Crippen molar-refractivity contribution in [2.24, 2.45) is 16.7 Å². The molecule has 4 heterocycles. The first kappa shape index (κ1) is 28.7. The van der Waals surface area contributed by atoms with Crippen molar-refractivity contribution in [1.29, 1.82) is 0 Å². The van der Waals surface area contributed by atoms with E-state index in [4.69, 9.17) is 9.47 Å². The van der Waals surface area contributed by atoms with Crippen LogP contribution in [0.4, 0.5) is 9.59 Å². The number of rotatable bonds is 10. The van der Waals surface area contributed by atoms with Gasteiger partial charge in [-0.2, -0.15) is 0 Å². The minimum Gasteiger partial charge on any atom is -0.449 e. The average molecular weight is 508 g/mol. The molecule has 1 N–H and O–H groups in total. The molecule has 1 spiro atoms. The summed E-state index contributed by atoms with van der Waals surface area (Å²) >= 11 is 0. The molecule has 2 amide bonds. The zero-order chi connectivity index (χ0) is 26.9. The van der Waals surface area contributed by atoms with Gasteiger partial charge in [-0.1, -0.05) is 87.0 Å². The summed E-state index contributed by atoms with van der Waals surface area (Å²) in [5, 5.41) is 2.67. The summed E-state index contributed by atoms with van der Waals surface area (Å²) in [6.07, 6.45) is 8.71. The fourth-order valence-corrected chi connectivity index (χ4v) is 6.34. The highest BCUT2D eigenvalue weighted by atomic mass is 16.6. The number of likely N-dealkylation sites (N-methyl/N-ethyl adjacent to an activating group) is 1. The van der Waals surface area contributed by atoms with Crippen LogP contribution in [-0.4, -0.2) is 71.8 Å². The Kier molecular flexibility index (Phi) is 8.69. The van der Waals surface area contributed by atoms with Crippen molar-refractivity contribution in [1.82, 2.24) is 15.1 Å². The maximum absolute atomic E-state index is 12.4. The van der Waals surface area contributed by atoms with Crippen molar-refractivity contribution < 1.29 is 23.9 Å². The molecule has 0 aromatic heterocycles. The second kappa shape index (κ2) is 10.9. The van der Waals surface area contributed by atoms with E-state index in [9.17, 15) is 14.4 Å². The minimum absolute atomic E-state index is 0.000718. The van der Waals surface area contributed by atoms with E-state index in [2.05, 4.69) is 45.0 Å². The van der Waals surface area contributed by atoms with Gasteiger partial charge in [0.15, 0.2) is 5.78 Å². The largest absolute Gasteiger partial charge is 0.449 e. The van der Waals surface area contributed by atoms with Gasteiger partial charge in [-0.05, 0) is 19.9 Å². The second-order valence-electron chi connectivity index (χ2n) is 12.7. The summed E-state index contributed by atoms with van der Waals surface area (Å²) in [4.78, 5) is 39.9. The van der Waals surface area contributed by atoms with Crippen LogP contribution in [0, 0.1) is 16.7 Å². The molecule has 206 valence electrons. The van der Waals surface area contributed by atoms with Crippen LogP contribution in [0.25, 0.3) is 0 Å². The smallest absolute Gasteiger partial charge is 0.411 e. The van der Waals surface area contributed by atoms with Gasteiger partial charge in [-0.25, -0.2) is 9.59 Å². The van der Waals surface area contributed by atoms with Gasteiger partial charge in [0.25, 0.3) is 0 Å². The lowest BCUT2D eigenvalue weighted by Crippen LogP contribution is -2.58. The molecule has 4 rings (SSSR count). The van der Waals surface area contributed by atoms with Gasteiger partial charge < -0.3 is 14.8 Å². The van der Waals surface area contributed by atoms with Gasteiger partial charge in [0.2, 0.25) is 0 Å². The quantitative estimate of drug-likeness (QED) is 0.317. The first-order valence-electron chi connectivity index (χ1n) is 14.0. The van der Waals surface area contributed by atoms with E-state index in [0.717, 1.165) is 25.7 Å². The zero-order valence-corrected chi connectivity index (χ0v) is 23.8. The molecule has 0 radical (unpaired) electrons. The van der Waals surface area contributed by atoms with E-state index in [-0.39, 0.29) is 34.3 Å². The number of nitrogens with one attached hydrogen (secondary N) is 1. The van der Waals surface area contributed by atoms with Crippen molar-refractivity contribution in [2.75, 3.05) is 20.3 Å². The Morgan fingerprint density at radius 3 is 2.22 bits per heavy atom. The highest BCUT2D eigenvalue weighted by Gasteiger charge is 2.87. The van der Waals surface area contributed by atoms with Gasteiger partial charge in [0.1, 0.15) is 18.9 Å². The molecule has 0 aromatic carbocycles. The molecule has 0 saturated carbocycles. The Bertz CT molecular complexity index is 828. The topological polar surface area (TPSA) is 87.7 Å². The molecule has 4 aliphatic heterocycles. The number of Topliss-reactive ketones (excluding diaryl/α,β-unsaturated/α-hetero) is 1. The number of alkyl carbamates (subject to hydrolysis) is 1. The number of fused-ring (bicyclic) bond motifs is 3. The lowest BCUT2D eigenvalue weighted by molar-refractivity contribution is -0.129. The number of carbonyl (C=O) groups is 3. The van der Waals surface area contributed by atoms with Crippen molar-refractivity contribution >= 4 is 18.0 Å². The maximum atomic E-state index is 12.4. The molecule has 0 aliphatic carbocycles. The van der Waals surface area contributed by atoms with Crippen molar-refractivity contribution in [3.63, 3.8) is 0 Å². The standard InChI is InChI=1S/C14H24N2O2.C14H25NO3/c1-5-6-7-8-10-14(15(10)4)11-13(2,3)9-18-12(17)16(11)14;1-5-6-7-8-10(2)11(16)12-14(3,4)9-18-13(17)15-12/h10-11H,5-9H2,1-4H3;10,12H,5-9H2,1-4H3,(H,15,17)/t10-,11-,14?,15?,16?;10-,12?/m11/s1. The van der Waals surface area contributed by atoms with Crippen LogP contribution in [0.5, 0.6) is 0 Å². The van der Waals surface area contributed by atoms with Gasteiger partial charge >= 0.3 is 12.2 Å². The Morgan fingerprint density at radius 1 is 1.00 bits per heavy atom. The molecule has 0 aromatic rings. The van der Waals surface area contributed by atoms with Crippen LogP contribution >= 0.6 is 0 Å². The number of unbranched alkanes of at least 4 members (excludes halogenated alkanes) is 4. The Labute approximate surface area is 217 Å². The molecule has 8 nitrogen and oxygen atoms in total. The van der Waals surface area contributed by atoms with Crippen LogP contribution < -0.4 is 5.32 Å². The minimum atomic E-state index is -0.478. The first-order chi connectivity index (χ1) is 16.9. The lowest BCUT2D eigenvalue weighted by atomic mass is 9.78. The molecule has 36 heavy (non-hydrogen) atoms. The molecule has 4 saturated heterocycles. The lowest BCUT2D eigenvalue weighted by Gasteiger charge is -2.38. The van der Waals surface area contributed by atoms with Gasteiger partial charge in [-0.3, -0.25) is 14.6 Å². The number of nitrogens with zero attached hydrogens (tertiary/aromatic N) is 2. The normalized spacial score (nSPS) is 33.8. The third-order valence-electron chi connectivity index (χ3n) is 8.65. The number of ether oxygens (including phenoxy) is 2. The third kappa shape index (κ3) is 5.39. The highest BCUT2D eigenvalue weighted by Crippen LogP contribution is 2.67. The predicted octanol–water partition coefficient (Wildman–Crippen LogP) is 5.34. The van der Waals surface area contributed by atoms with Crippen LogP contribution in [0.1, 0.15) is 99.8 Å². The van der Waals surface area contributed by atoms with E-state index in [1.54, 1.807) is 0 Å². The molecule has 4 aliphatic rings. The van der Waals surface area contributed by atoms with E-state index >= 15 is 0 Å². The summed E-state index contributed by atoms with van der Waals surface area (Å²) in [6, 6.07) is 0.497. The monoisotopic (exact) mass is 507 g/mol. The maximum Gasteiger partial charge on any atom is 0.411 e. The molecular formula is C28H49N3O5. The number of cyclic esters (lactones) is 2. The summed E-state index contributed by atoms with van der Waals surface area (Å²) in [7, 11) is 2.15. The summed E-state index contributed by atoms with van der Waals surface area (Å²) in [5.74, 6) is 0.131. The molecule has 6 atom stereocenters. The second-order valence-corrected chi connectivity index (χ2v) is 12.7. The fourth-order valence-electron chi connectivity index (χ4n) is 6.34. The fraction of sp³-hybridized carbons (Fsp3) is 0.893. The van der Waals surface area contributed by atoms with Crippen molar-refractivity contribution in [3.8, 4) is 0 Å². The average Bonchev–Trinajstić information content (AvgIpc) is 3.68. The summed E-state index contributed by atoms with van der Waals surface area (Å²) in [6.45, 7) is 15.5. The number of hydrogen-bond donors (Lipinski definition) is 1. The molecule has 3 unspecified atom stereocenters. The zero-order valence-electron chi connectivity index (χ0n) is 23.8. The van der Waals surface area contributed by atoms with E-state index < -0.39 is 12.1 Å². The highest BCUT2D eigenvalue weighted by molar-refractivity contribution is 5.90. The van der Waals surface area contributed by atoms with E-state index in [0.29, 0.717) is 25.3 Å². The summed E-state index contributed by atoms with van der Waals surface area (Å²) in [5.41, 5.74) is -0.226. The first-order valence-corrected chi connectivity index (χ1v) is 14.0. The molecular weight excluding hydrogens is 458 g/mol. The van der Waals surface area contributed by atoms with Crippen LogP contribution in [0.15, 0.2) is 0 Å². The van der Waals surface area contributed by atoms with Crippen LogP contribution in [-0.2, 0) is 14.3 Å². The Hall–Kier alpha value is -1.83. The molecule has 0 bridgehead atoms. The number of amides is 2. The summed E-state index contributed by atoms with van der Waals surface area (Å²) < 4.78 is 10.3. The van der Waals surface area contributed by atoms with Gasteiger partial charge in [-0.15, -0.1) is 0 Å². The molecule has 8 heteroatoms. The third-order valence-corrected chi connectivity index (χ3v) is 8.65. The Balaban J connectivity index is 0.000000201. The Morgan fingerprint density at radius 2 is 1.61 bits per heavy atom. The van der Waals surface area contributed by atoms with Gasteiger partial charge in [0, 0.05) is 16.7 Å².